The normalized spacial score (nSPS) is 16.2. The van der Waals surface area contributed by atoms with Gasteiger partial charge in [0.05, 0.1) is 46.9 Å². The van der Waals surface area contributed by atoms with Crippen molar-refractivity contribution in [3.05, 3.63) is 83.3 Å². The second kappa shape index (κ2) is 12.1. The molecule has 0 bridgehead atoms. The molecule has 1 aliphatic rings. The summed E-state index contributed by atoms with van der Waals surface area (Å²) in [7, 11) is -3.41. The highest BCUT2D eigenvalue weighted by molar-refractivity contribution is 7.91. The number of sulfone groups is 1. The Labute approximate surface area is 234 Å². The molecular weight excluding hydrogens is 564 g/mol. The molecule has 216 valence electrons. The average Bonchev–Trinajstić information content (AvgIpc) is 3.40. The number of carbonyl (C=O) groups is 1. The summed E-state index contributed by atoms with van der Waals surface area (Å²) >= 11 is 0. The quantitative estimate of drug-likeness (QED) is 0.346. The van der Waals surface area contributed by atoms with E-state index in [-0.39, 0.29) is 40.7 Å². The third-order valence-electron chi connectivity index (χ3n) is 6.64. The van der Waals surface area contributed by atoms with Crippen LogP contribution in [0.3, 0.4) is 0 Å². The molecule has 1 N–H and O–H groups in total. The van der Waals surface area contributed by atoms with Crippen molar-refractivity contribution in [1.82, 2.24) is 10.3 Å². The molecule has 0 aliphatic carbocycles. The van der Waals surface area contributed by atoms with Gasteiger partial charge in [-0.25, -0.2) is 17.8 Å². The first kappa shape index (κ1) is 29.8. The molecule has 1 saturated heterocycles. The van der Waals surface area contributed by atoms with Gasteiger partial charge in [0.2, 0.25) is 0 Å². The van der Waals surface area contributed by atoms with Crippen molar-refractivity contribution in [2.24, 2.45) is 0 Å². The summed E-state index contributed by atoms with van der Waals surface area (Å²) in [5.74, 6) is -1.22. The number of nitriles is 1. The maximum absolute atomic E-state index is 15.0. The number of nitrogens with zero attached hydrogens (tertiary/aromatic N) is 3. The van der Waals surface area contributed by atoms with Crippen LogP contribution in [0, 0.1) is 17.1 Å². The second-order valence-electron chi connectivity index (χ2n) is 9.39. The number of ether oxygens (including phenoxy) is 1. The van der Waals surface area contributed by atoms with Gasteiger partial charge in [0.25, 0.3) is 5.91 Å². The summed E-state index contributed by atoms with van der Waals surface area (Å²) < 4.78 is 83.2. The number of alkyl halides is 3. The van der Waals surface area contributed by atoms with Gasteiger partial charge in [0, 0.05) is 19.2 Å². The fourth-order valence-electron chi connectivity index (χ4n) is 4.38. The van der Waals surface area contributed by atoms with Gasteiger partial charge < -0.3 is 15.0 Å². The van der Waals surface area contributed by atoms with E-state index in [4.69, 9.17) is 4.74 Å². The average molecular weight is 591 g/mol. The standard InChI is InChI=1S/C28H26F4N4O4S/c1-2-41(38,39)23-9-3-18(4-10-23)25(11-13-33)35-27(37)19-15-24(29)26(34-16-19)36-14-12-22(17-36)40-21-7-5-20(6-8-21)28(30,31)32/h3-10,15-16,22,25H,2,11-12,14,17H2,1H3,(H,35,37)/t22-,25-/m1/s1. The molecule has 1 aliphatic heterocycles. The lowest BCUT2D eigenvalue weighted by molar-refractivity contribution is -0.137. The molecule has 0 unspecified atom stereocenters. The smallest absolute Gasteiger partial charge is 0.416 e. The molecule has 3 aromatic rings. The van der Waals surface area contributed by atoms with Crippen LogP contribution in [0.4, 0.5) is 23.4 Å². The first-order valence-electron chi connectivity index (χ1n) is 12.7. The van der Waals surface area contributed by atoms with Crippen molar-refractivity contribution in [1.29, 1.82) is 5.26 Å². The fraction of sp³-hybridized carbons (Fsp3) is 0.321. The highest BCUT2D eigenvalue weighted by Gasteiger charge is 2.31. The predicted molar refractivity (Wildman–Crippen MR) is 141 cm³/mol. The van der Waals surface area contributed by atoms with Crippen molar-refractivity contribution in [2.75, 3.05) is 23.7 Å². The molecular formula is C28H26F4N4O4S. The van der Waals surface area contributed by atoms with E-state index in [0.29, 0.717) is 18.5 Å². The highest BCUT2D eigenvalue weighted by Crippen LogP contribution is 2.31. The van der Waals surface area contributed by atoms with Gasteiger partial charge in [0.1, 0.15) is 11.9 Å². The first-order valence-corrected chi connectivity index (χ1v) is 14.3. The largest absolute Gasteiger partial charge is 0.489 e. The number of pyridine rings is 1. The van der Waals surface area contributed by atoms with E-state index in [1.54, 1.807) is 4.90 Å². The first-order chi connectivity index (χ1) is 19.4. The maximum atomic E-state index is 15.0. The Balaban J connectivity index is 1.40. The van der Waals surface area contributed by atoms with Gasteiger partial charge in [-0.2, -0.15) is 18.4 Å². The van der Waals surface area contributed by atoms with Crippen LogP contribution in [0.1, 0.15) is 47.3 Å². The number of aromatic nitrogens is 1. The molecule has 8 nitrogen and oxygen atoms in total. The minimum atomic E-state index is -4.45. The van der Waals surface area contributed by atoms with Crippen molar-refractivity contribution in [3.63, 3.8) is 0 Å². The van der Waals surface area contributed by atoms with Crippen LogP contribution in [0.25, 0.3) is 0 Å². The Morgan fingerprint density at radius 2 is 1.88 bits per heavy atom. The number of amides is 1. The van der Waals surface area contributed by atoms with Crippen LogP contribution in [-0.2, 0) is 16.0 Å². The van der Waals surface area contributed by atoms with Crippen LogP contribution >= 0.6 is 0 Å². The molecule has 0 saturated carbocycles. The van der Waals surface area contributed by atoms with E-state index in [1.807, 2.05) is 6.07 Å². The van der Waals surface area contributed by atoms with E-state index >= 15 is 4.39 Å². The highest BCUT2D eigenvalue weighted by atomic mass is 32.2. The number of nitrogens with one attached hydrogen (secondary N) is 1. The van der Waals surface area contributed by atoms with Crippen LogP contribution in [-0.4, -0.2) is 44.3 Å². The topological polar surface area (TPSA) is 112 Å². The molecule has 1 fully saturated rings. The Morgan fingerprint density at radius 1 is 1.20 bits per heavy atom. The molecule has 1 amide bonds. The molecule has 2 heterocycles. The predicted octanol–water partition coefficient (Wildman–Crippen LogP) is 5.08. The van der Waals surface area contributed by atoms with Gasteiger partial charge in [0.15, 0.2) is 21.5 Å². The molecule has 1 aromatic heterocycles. The summed E-state index contributed by atoms with van der Waals surface area (Å²) in [6, 6.07) is 12.4. The van der Waals surface area contributed by atoms with Crippen molar-refractivity contribution >= 4 is 21.6 Å². The van der Waals surface area contributed by atoms with E-state index in [0.717, 1.165) is 18.2 Å². The summed E-state index contributed by atoms with van der Waals surface area (Å²) in [6.07, 6.45) is -3.26. The molecule has 41 heavy (non-hydrogen) atoms. The number of anilines is 1. The molecule has 2 atom stereocenters. The van der Waals surface area contributed by atoms with Gasteiger partial charge in [-0.15, -0.1) is 0 Å². The van der Waals surface area contributed by atoms with E-state index in [9.17, 15) is 31.6 Å². The van der Waals surface area contributed by atoms with Crippen LogP contribution in [0.15, 0.2) is 65.7 Å². The third kappa shape index (κ3) is 7.13. The zero-order valence-corrected chi connectivity index (χ0v) is 22.7. The Kier molecular flexibility index (Phi) is 8.82. The van der Waals surface area contributed by atoms with E-state index < -0.39 is 45.4 Å². The van der Waals surface area contributed by atoms with Gasteiger partial charge in [-0.1, -0.05) is 19.1 Å². The number of hydrogen-bond acceptors (Lipinski definition) is 7. The van der Waals surface area contributed by atoms with Crippen LogP contribution in [0.2, 0.25) is 0 Å². The lowest BCUT2D eigenvalue weighted by Crippen LogP contribution is -2.29. The summed E-state index contributed by atoms with van der Waals surface area (Å²) in [6.45, 7) is 2.15. The maximum Gasteiger partial charge on any atom is 0.416 e. The molecule has 4 rings (SSSR count). The molecule has 2 aromatic carbocycles. The SMILES string of the molecule is CCS(=O)(=O)c1ccc([C@@H](CC#N)NC(=O)c2cnc(N3CC[C@@H](Oc4ccc(C(F)(F)F)cc4)C3)c(F)c2)cc1. The summed E-state index contributed by atoms with van der Waals surface area (Å²) in [5, 5.41) is 11.9. The monoisotopic (exact) mass is 590 g/mol. The number of benzene rings is 2. The fourth-order valence-corrected chi connectivity index (χ4v) is 5.26. The number of carbonyl (C=O) groups excluding carboxylic acids is 1. The van der Waals surface area contributed by atoms with E-state index in [1.165, 1.54) is 49.5 Å². The Bertz CT molecular complexity index is 1540. The lowest BCUT2D eigenvalue weighted by atomic mass is 10.0. The van der Waals surface area contributed by atoms with E-state index in [2.05, 4.69) is 10.3 Å². The third-order valence-corrected chi connectivity index (χ3v) is 8.39. The summed E-state index contributed by atoms with van der Waals surface area (Å²) in [5.41, 5.74) is -0.347. The molecule has 0 spiro atoms. The van der Waals surface area contributed by atoms with Gasteiger partial charge >= 0.3 is 6.18 Å². The number of rotatable bonds is 9. The van der Waals surface area contributed by atoms with Crippen molar-refractivity contribution in [2.45, 2.75) is 43.0 Å². The van der Waals surface area contributed by atoms with Crippen LogP contribution < -0.4 is 15.0 Å². The Morgan fingerprint density at radius 3 is 2.46 bits per heavy atom. The lowest BCUT2D eigenvalue weighted by Gasteiger charge is -2.20. The number of hydrogen-bond donors (Lipinski definition) is 1. The minimum absolute atomic E-state index is 0.00127. The number of halogens is 4. The Hall–Kier alpha value is -4.18. The van der Waals surface area contributed by atoms with Crippen LogP contribution in [0.5, 0.6) is 5.75 Å². The van der Waals surface area contributed by atoms with Crippen molar-refractivity contribution < 1.29 is 35.5 Å². The van der Waals surface area contributed by atoms with Gasteiger partial charge in [-0.3, -0.25) is 4.79 Å². The molecule has 0 radical (unpaired) electrons. The van der Waals surface area contributed by atoms with Crippen molar-refractivity contribution in [3.8, 4) is 11.8 Å². The zero-order valence-electron chi connectivity index (χ0n) is 21.9. The summed E-state index contributed by atoms with van der Waals surface area (Å²) in [4.78, 5) is 18.7. The van der Waals surface area contributed by atoms with Gasteiger partial charge in [-0.05, 0) is 48.0 Å². The zero-order chi connectivity index (χ0) is 29.8. The molecule has 13 heteroatoms. The minimum Gasteiger partial charge on any atom is -0.489 e. The second-order valence-corrected chi connectivity index (χ2v) is 11.7.